The lowest BCUT2D eigenvalue weighted by molar-refractivity contribution is -0.145. The Bertz CT molecular complexity index is 780. The number of carbonyl (C=O) groups is 3. The summed E-state index contributed by atoms with van der Waals surface area (Å²) in [5, 5.41) is 19.8. The number of rotatable bonds is 7. The second-order valence-corrected chi connectivity index (χ2v) is 5.95. The minimum Gasteiger partial charge on any atom is -0.481 e. The van der Waals surface area contributed by atoms with Crippen LogP contribution in [0.5, 0.6) is 0 Å². The highest BCUT2D eigenvalue weighted by Crippen LogP contribution is 2.42. The van der Waals surface area contributed by atoms with Crippen molar-refractivity contribution < 1.29 is 29.3 Å². The SMILES string of the molecule is CC=CC1=C(C)c2ccccc2C1COC(=O)NC(CC(=O)O)C(=O)O. The molecule has 0 aromatic heterocycles. The van der Waals surface area contributed by atoms with E-state index >= 15 is 0 Å². The summed E-state index contributed by atoms with van der Waals surface area (Å²) in [6.45, 7) is 3.93. The number of aliphatic carboxylic acids is 2. The molecule has 1 aromatic rings. The summed E-state index contributed by atoms with van der Waals surface area (Å²) in [4.78, 5) is 33.6. The maximum atomic E-state index is 11.9. The average molecular weight is 359 g/mol. The van der Waals surface area contributed by atoms with Gasteiger partial charge in [0.15, 0.2) is 0 Å². The number of allylic oxidation sites excluding steroid dienone is 3. The van der Waals surface area contributed by atoms with Gasteiger partial charge < -0.3 is 20.3 Å². The molecule has 1 aliphatic rings. The molecule has 138 valence electrons. The van der Waals surface area contributed by atoms with Crippen molar-refractivity contribution in [1.82, 2.24) is 5.32 Å². The number of fused-ring (bicyclic) bond motifs is 1. The van der Waals surface area contributed by atoms with E-state index in [0.717, 1.165) is 22.3 Å². The maximum Gasteiger partial charge on any atom is 0.407 e. The molecule has 1 amide bonds. The topological polar surface area (TPSA) is 113 Å². The number of hydrogen-bond acceptors (Lipinski definition) is 4. The third-order valence-corrected chi connectivity index (χ3v) is 4.24. The van der Waals surface area contributed by atoms with Gasteiger partial charge in [0.05, 0.1) is 6.42 Å². The quantitative estimate of drug-likeness (QED) is 0.690. The Morgan fingerprint density at radius 1 is 1.27 bits per heavy atom. The summed E-state index contributed by atoms with van der Waals surface area (Å²) in [7, 11) is 0. The Morgan fingerprint density at radius 2 is 1.96 bits per heavy atom. The number of benzene rings is 1. The van der Waals surface area contributed by atoms with Crippen LogP contribution in [0.1, 0.15) is 37.3 Å². The normalized spacial score (nSPS) is 17.1. The summed E-state index contributed by atoms with van der Waals surface area (Å²) in [5.41, 5.74) is 4.25. The number of ether oxygens (including phenoxy) is 1. The Kier molecular flexibility index (Phi) is 6.16. The van der Waals surface area contributed by atoms with Gasteiger partial charge in [0.1, 0.15) is 12.6 Å². The Labute approximate surface area is 151 Å². The van der Waals surface area contributed by atoms with Crippen molar-refractivity contribution in [3.63, 3.8) is 0 Å². The molecule has 0 bridgehead atoms. The van der Waals surface area contributed by atoms with Gasteiger partial charge in [0.25, 0.3) is 0 Å². The molecule has 0 aliphatic heterocycles. The van der Waals surface area contributed by atoms with Gasteiger partial charge in [-0.05, 0) is 36.1 Å². The number of alkyl carbamates (subject to hydrolysis) is 1. The van der Waals surface area contributed by atoms with Crippen molar-refractivity contribution in [2.24, 2.45) is 0 Å². The van der Waals surface area contributed by atoms with Gasteiger partial charge in [-0.3, -0.25) is 4.79 Å². The Balaban J connectivity index is 2.09. The number of carbonyl (C=O) groups excluding carboxylic acids is 1. The smallest absolute Gasteiger partial charge is 0.407 e. The third-order valence-electron chi connectivity index (χ3n) is 4.24. The first-order valence-corrected chi connectivity index (χ1v) is 8.15. The van der Waals surface area contributed by atoms with Crippen molar-refractivity contribution in [2.45, 2.75) is 32.2 Å². The summed E-state index contributed by atoms with van der Waals surface area (Å²) < 4.78 is 5.20. The highest BCUT2D eigenvalue weighted by Gasteiger charge is 2.29. The molecule has 2 unspecified atom stereocenters. The zero-order valence-corrected chi connectivity index (χ0v) is 14.6. The van der Waals surface area contributed by atoms with E-state index in [9.17, 15) is 14.4 Å². The Hall–Kier alpha value is -3.09. The molecule has 0 radical (unpaired) electrons. The van der Waals surface area contributed by atoms with Crippen molar-refractivity contribution >= 4 is 23.6 Å². The zero-order chi connectivity index (χ0) is 19.3. The van der Waals surface area contributed by atoms with E-state index in [2.05, 4.69) is 5.32 Å². The van der Waals surface area contributed by atoms with Gasteiger partial charge in [0, 0.05) is 5.92 Å². The molecule has 0 fully saturated rings. The molecule has 0 spiro atoms. The summed E-state index contributed by atoms with van der Waals surface area (Å²) >= 11 is 0. The Morgan fingerprint density at radius 3 is 2.58 bits per heavy atom. The monoisotopic (exact) mass is 359 g/mol. The molecule has 2 atom stereocenters. The average Bonchev–Trinajstić information content (AvgIpc) is 2.85. The van der Waals surface area contributed by atoms with Crippen LogP contribution < -0.4 is 5.32 Å². The van der Waals surface area contributed by atoms with Crippen LogP contribution >= 0.6 is 0 Å². The maximum absolute atomic E-state index is 11.9. The molecule has 0 saturated heterocycles. The van der Waals surface area contributed by atoms with Crippen LogP contribution in [0, 0.1) is 0 Å². The van der Waals surface area contributed by atoms with Crippen molar-refractivity contribution in [3.8, 4) is 0 Å². The molecule has 7 heteroatoms. The highest BCUT2D eigenvalue weighted by molar-refractivity contribution is 5.84. The predicted octanol–water partition coefficient (Wildman–Crippen LogP) is 2.79. The van der Waals surface area contributed by atoms with Gasteiger partial charge in [-0.1, -0.05) is 36.4 Å². The summed E-state index contributed by atoms with van der Waals surface area (Å²) in [6, 6.07) is 6.27. The molecule has 2 rings (SSSR count). The van der Waals surface area contributed by atoms with Crippen LogP contribution in [-0.4, -0.2) is 40.9 Å². The molecular weight excluding hydrogens is 338 g/mol. The lowest BCUT2D eigenvalue weighted by Gasteiger charge is -2.17. The number of nitrogens with one attached hydrogen (secondary N) is 1. The van der Waals surface area contributed by atoms with Crippen LogP contribution in [0.2, 0.25) is 0 Å². The first-order chi connectivity index (χ1) is 12.3. The molecular formula is C19H21NO6. The van der Waals surface area contributed by atoms with Crippen molar-refractivity contribution in [1.29, 1.82) is 0 Å². The third kappa shape index (κ3) is 4.30. The lowest BCUT2D eigenvalue weighted by atomic mass is 9.96. The largest absolute Gasteiger partial charge is 0.481 e. The second kappa shape index (κ2) is 8.33. The van der Waals surface area contributed by atoms with E-state index in [0.29, 0.717) is 0 Å². The number of amides is 1. The fourth-order valence-corrected chi connectivity index (χ4v) is 3.04. The van der Waals surface area contributed by atoms with Crippen LogP contribution in [-0.2, 0) is 14.3 Å². The molecule has 0 heterocycles. The van der Waals surface area contributed by atoms with Gasteiger partial charge in [-0.25, -0.2) is 9.59 Å². The standard InChI is InChI=1S/C19H21NO6/c1-3-6-12-11(2)13-7-4-5-8-14(13)15(12)10-26-19(25)20-16(18(23)24)9-17(21)22/h3-8,15-16H,9-10H2,1-2H3,(H,20,25)(H,21,22)(H,23,24). The van der Waals surface area contributed by atoms with E-state index in [1.54, 1.807) is 0 Å². The van der Waals surface area contributed by atoms with Crippen molar-refractivity contribution in [3.05, 3.63) is 53.1 Å². The second-order valence-electron chi connectivity index (χ2n) is 5.95. The zero-order valence-electron chi connectivity index (χ0n) is 14.6. The first kappa shape index (κ1) is 19.2. The van der Waals surface area contributed by atoms with Gasteiger partial charge in [0.2, 0.25) is 0 Å². The summed E-state index contributed by atoms with van der Waals surface area (Å²) in [5.74, 6) is -2.91. The van der Waals surface area contributed by atoms with E-state index in [1.165, 1.54) is 0 Å². The predicted molar refractivity (Wildman–Crippen MR) is 94.8 cm³/mol. The van der Waals surface area contributed by atoms with Gasteiger partial charge in [-0.2, -0.15) is 0 Å². The number of carboxylic acid groups (broad SMARTS) is 2. The number of hydrogen-bond donors (Lipinski definition) is 3. The fourth-order valence-electron chi connectivity index (χ4n) is 3.04. The fraction of sp³-hybridized carbons (Fsp3) is 0.316. The minimum atomic E-state index is -1.54. The van der Waals surface area contributed by atoms with Crippen LogP contribution in [0.25, 0.3) is 5.57 Å². The molecule has 1 aromatic carbocycles. The van der Waals surface area contributed by atoms with Gasteiger partial charge in [-0.15, -0.1) is 0 Å². The van der Waals surface area contributed by atoms with Gasteiger partial charge >= 0.3 is 18.0 Å². The lowest BCUT2D eigenvalue weighted by Crippen LogP contribution is -2.42. The van der Waals surface area contributed by atoms with Crippen LogP contribution in [0.4, 0.5) is 4.79 Å². The minimum absolute atomic E-state index is 0.0271. The van der Waals surface area contributed by atoms with E-state index < -0.39 is 30.5 Å². The van der Waals surface area contributed by atoms with Crippen LogP contribution in [0.3, 0.4) is 0 Å². The van der Waals surface area contributed by atoms with Crippen LogP contribution in [0.15, 0.2) is 42.0 Å². The highest BCUT2D eigenvalue weighted by atomic mass is 16.5. The molecule has 1 aliphatic carbocycles. The molecule has 26 heavy (non-hydrogen) atoms. The molecule has 7 nitrogen and oxygen atoms in total. The van der Waals surface area contributed by atoms with E-state index in [1.807, 2.05) is 50.3 Å². The van der Waals surface area contributed by atoms with E-state index in [-0.39, 0.29) is 12.5 Å². The molecule has 3 N–H and O–H groups in total. The van der Waals surface area contributed by atoms with Crippen molar-refractivity contribution in [2.75, 3.05) is 6.61 Å². The molecule has 0 saturated carbocycles. The number of carboxylic acids is 2. The van der Waals surface area contributed by atoms with E-state index in [4.69, 9.17) is 14.9 Å². The first-order valence-electron chi connectivity index (χ1n) is 8.15. The summed E-state index contributed by atoms with van der Waals surface area (Å²) in [6.07, 6.45) is 2.19.